The molecule has 2 amide bonds. The van der Waals surface area contributed by atoms with Crippen molar-refractivity contribution in [3.8, 4) is 11.3 Å². The van der Waals surface area contributed by atoms with Crippen molar-refractivity contribution in [3.63, 3.8) is 0 Å². The van der Waals surface area contributed by atoms with Gasteiger partial charge in [-0.25, -0.2) is 0 Å². The van der Waals surface area contributed by atoms with Crippen molar-refractivity contribution in [2.45, 2.75) is 33.1 Å². The Morgan fingerprint density at radius 3 is 2.72 bits per heavy atom. The maximum absolute atomic E-state index is 13.2. The predicted molar refractivity (Wildman–Crippen MR) is 121 cm³/mol. The monoisotopic (exact) mass is 432 g/mol. The van der Waals surface area contributed by atoms with Gasteiger partial charge < -0.3 is 14.7 Å². The predicted octanol–water partition coefficient (Wildman–Crippen LogP) is 3.65. The van der Waals surface area contributed by atoms with E-state index in [9.17, 15) is 9.59 Å². The molecule has 1 saturated heterocycles. The molecule has 4 rings (SSSR count). The second kappa shape index (κ2) is 9.34. The lowest BCUT2D eigenvalue weighted by atomic mass is 9.75. The maximum Gasteiger partial charge on any atom is 0.272 e. The van der Waals surface area contributed by atoms with Gasteiger partial charge in [0.2, 0.25) is 5.91 Å². The van der Waals surface area contributed by atoms with E-state index in [0.717, 1.165) is 17.7 Å². The van der Waals surface area contributed by atoms with Gasteiger partial charge in [0.15, 0.2) is 0 Å². The third kappa shape index (κ3) is 4.56. The number of aryl methyl sites for hydroxylation is 1. The first-order chi connectivity index (χ1) is 15.5. The van der Waals surface area contributed by atoms with Crippen LogP contribution in [0, 0.1) is 12.3 Å². The van der Waals surface area contributed by atoms with Crippen LogP contribution in [0.2, 0.25) is 0 Å². The number of benzene rings is 1. The minimum Gasteiger partial charge on any atom is -0.361 e. The molecule has 32 heavy (non-hydrogen) atoms. The van der Waals surface area contributed by atoms with Gasteiger partial charge in [-0.1, -0.05) is 41.1 Å². The summed E-state index contributed by atoms with van der Waals surface area (Å²) in [6, 6.07) is 15.2. The quantitative estimate of drug-likeness (QED) is 0.642. The van der Waals surface area contributed by atoms with Crippen LogP contribution in [-0.4, -0.2) is 46.5 Å². The topological polar surface area (TPSA) is 88.3 Å². The summed E-state index contributed by atoms with van der Waals surface area (Å²) >= 11 is 0. The SMILES string of the molecule is CCNC(=O)C1(Cc2cc(-c3ccc(C)cc3)no2)CCCN(C(=O)c2ccccn2)C1. The average Bonchev–Trinajstić information content (AvgIpc) is 3.28. The summed E-state index contributed by atoms with van der Waals surface area (Å²) in [4.78, 5) is 32.2. The lowest BCUT2D eigenvalue weighted by Crippen LogP contribution is -2.54. The molecule has 0 spiro atoms. The number of nitrogens with one attached hydrogen (secondary N) is 1. The molecule has 0 aliphatic carbocycles. The van der Waals surface area contributed by atoms with Gasteiger partial charge in [-0.2, -0.15) is 0 Å². The fraction of sp³-hybridized carbons (Fsp3) is 0.360. The largest absolute Gasteiger partial charge is 0.361 e. The van der Waals surface area contributed by atoms with E-state index >= 15 is 0 Å². The Balaban J connectivity index is 1.59. The highest BCUT2D eigenvalue weighted by atomic mass is 16.5. The van der Waals surface area contributed by atoms with E-state index in [4.69, 9.17) is 4.52 Å². The number of hydrogen-bond donors (Lipinski definition) is 1. The Labute approximate surface area is 187 Å². The average molecular weight is 433 g/mol. The van der Waals surface area contributed by atoms with Crippen molar-refractivity contribution >= 4 is 11.8 Å². The summed E-state index contributed by atoms with van der Waals surface area (Å²) in [5.41, 5.74) is 2.49. The molecule has 2 aromatic heterocycles. The summed E-state index contributed by atoms with van der Waals surface area (Å²) in [5.74, 6) is 0.419. The number of nitrogens with zero attached hydrogens (tertiary/aromatic N) is 3. The van der Waals surface area contributed by atoms with Crippen molar-refractivity contribution < 1.29 is 14.1 Å². The summed E-state index contributed by atoms with van der Waals surface area (Å²) in [7, 11) is 0. The lowest BCUT2D eigenvalue weighted by molar-refractivity contribution is -0.134. The molecule has 3 aromatic rings. The first kappa shape index (κ1) is 21.7. The third-order valence-corrected chi connectivity index (χ3v) is 5.99. The number of pyridine rings is 1. The van der Waals surface area contributed by atoms with Gasteiger partial charge >= 0.3 is 0 Å². The van der Waals surface area contributed by atoms with Gasteiger partial charge in [-0.15, -0.1) is 0 Å². The minimum absolute atomic E-state index is 0.0631. The van der Waals surface area contributed by atoms with Crippen LogP contribution < -0.4 is 5.32 Å². The van der Waals surface area contributed by atoms with E-state index in [2.05, 4.69) is 15.5 Å². The Morgan fingerprint density at radius 1 is 1.19 bits per heavy atom. The van der Waals surface area contributed by atoms with Gasteiger partial charge in [0.05, 0.1) is 5.41 Å². The molecule has 1 aliphatic heterocycles. The molecule has 0 radical (unpaired) electrons. The summed E-state index contributed by atoms with van der Waals surface area (Å²) in [6.07, 6.45) is 3.39. The fourth-order valence-corrected chi connectivity index (χ4v) is 4.30. The number of rotatable bonds is 6. The molecule has 1 N–H and O–H groups in total. The smallest absolute Gasteiger partial charge is 0.272 e. The number of carbonyl (C=O) groups is 2. The molecular formula is C25H28N4O3. The highest BCUT2D eigenvalue weighted by Gasteiger charge is 2.44. The normalized spacial score (nSPS) is 18.4. The van der Waals surface area contributed by atoms with Crippen molar-refractivity contribution in [2.75, 3.05) is 19.6 Å². The van der Waals surface area contributed by atoms with Crippen molar-refractivity contribution in [1.29, 1.82) is 0 Å². The number of aromatic nitrogens is 2. The van der Waals surface area contributed by atoms with E-state index < -0.39 is 5.41 Å². The van der Waals surface area contributed by atoms with E-state index in [-0.39, 0.29) is 11.8 Å². The van der Waals surface area contributed by atoms with Crippen molar-refractivity contribution in [2.24, 2.45) is 5.41 Å². The Morgan fingerprint density at radius 2 is 2.00 bits per heavy atom. The number of piperidine rings is 1. The second-order valence-corrected chi connectivity index (χ2v) is 8.41. The van der Waals surface area contributed by atoms with E-state index in [1.807, 2.05) is 44.2 Å². The van der Waals surface area contributed by atoms with Crippen molar-refractivity contribution in [1.82, 2.24) is 20.4 Å². The molecule has 166 valence electrons. The Bertz CT molecular complexity index is 1080. The van der Waals surface area contributed by atoms with Crippen LogP contribution in [0.25, 0.3) is 11.3 Å². The third-order valence-electron chi connectivity index (χ3n) is 5.99. The van der Waals surface area contributed by atoms with E-state index in [0.29, 0.717) is 43.9 Å². The number of likely N-dealkylation sites (tertiary alicyclic amines) is 1. The van der Waals surface area contributed by atoms with Crippen LogP contribution in [0.15, 0.2) is 59.3 Å². The summed E-state index contributed by atoms with van der Waals surface area (Å²) < 4.78 is 5.64. The van der Waals surface area contributed by atoms with Crippen LogP contribution in [0.4, 0.5) is 0 Å². The second-order valence-electron chi connectivity index (χ2n) is 8.41. The lowest BCUT2D eigenvalue weighted by Gasteiger charge is -2.41. The number of amides is 2. The van der Waals surface area contributed by atoms with Crippen LogP contribution in [0.5, 0.6) is 0 Å². The molecule has 7 heteroatoms. The standard InChI is InChI=1S/C25H28N4O3/c1-3-26-24(31)25(12-6-14-29(17-25)23(30)21-7-4-5-13-27-21)16-20-15-22(28-32-20)19-10-8-18(2)9-11-19/h4-5,7-11,13,15H,3,6,12,14,16-17H2,1-2H3,(H,26,31). The van der Waals surface area contributed by atoms with Gasteiger partial charge in [0.25, 0.3) is 5.91 Å². The van der Waals surface area contributed by atoms with E-state index in [1.54, 1.807) is 29.3 Å². The number of carbonyl (C=O) groups excluding carboxylic acids is 2. The Hall–Kier alpha value is -3.48. The zero-order valence-corrected chi connectivity index (χ0v) is 18.5. The van der Waals surface area contributed by atoms with Gasteiger partial charge in [0.1, 0.15) is 17.1 Å². The van der Waals surface area contributed by atoms with Crippen LogP contribution >= 0.6 is 0 Å². The summed E-state index contributed by atoms with van der Waals surface area (Å²) in [5, 5.41) is 7.19. The molecule has 0 bridgehead atoms. The first-order valence-corrected chi connectivity index (χ1v) is 11.0. The van der Waals surface area contributed by atoms with Crippen LogP contribution in [-0.2, 0) is 11.2 Å². The molecular weight excluding hydrogens is 404 g/mol. The fourth-order valence-electron chi connectivity index (χ4n) is 4.30. The molecule has 3 heterocycles. The molecule has 1 atom stereocenters. The highest BCUT2D eigenvalue weighted by Crippen LogP contribution is 2.35. The zero-order valence-electron chi connectivity index (χ0n) is 18.5. The summed E-state index contributed by atoms with van der Waals surface area (Å²) in [6.45, 7) is 5.38. The molecule has 1 fully saturated rings. The maximum atomic E-state index is 13.2. The van der Waals surface area contributed by atoms with Crippen LogP contribution in [0.3, 0.4) is 0 Å². The van der Waals surface area contributed by atoms with Gasteiger partial charge in [-0.05, 0) is 38.8 Å². The molecule has 7 nitrogen and oxygen atoms in total. The molecule has 1 aromatic carbocycles. The van der Waals surface area contributed by atoms with E-state index in [1.165, 1.54) is 5.56 Å². The first-order valence-electron chi connectivity index (χ1n) is 11.0. The van der Waals surface area contributed by atoms with Crippen molar-refractivity contribution in [3.05, 3.63) is 71.7 Å². The number of hydrogen-bond acceptors (Lipinski definition) is 5. The van der Waals surface area contributed by atoms with Gasteiger partial charge in [0, 0.05) is 43.9 Å². The minimum atomic E-state index is -0.775. The van der Waals surface area contributed by atoms with Gasteiger partial charge in [-0.3, -0.25) is 14.6 Å². The van der Waals surface area contributed by atoms with Crippen LogP contribution in [0.1, 0.15) is 41.6 Å². The Kier molecular flexibility index (Phi) is 6.35. The molecule has 1 unspecified atom stereocenters. The molecule has 1 aliphatic rings. The highest BCUT2D eigenvalue weighted by molar-refractivity contribution is 5.93. The molecule has 0 saturated carbocycles. The zero-order chi connectivity index (χ0) is 22.6.